The van der Waals surface area contributed by atoms with E-state index < -0.39 is 12.1 Å². The number of carbonyl (C=O) groups excluding carboxylic acids is 1. The van der Waals surface area contributed by atoms with Crippen LogP contribution < -0.4 is 0 Å². The van der Waals surface area contributed by atoms with Gasteiger partial charge in [0.1, 0.15) is 6.61 Å². The molecule has 0 aliphatic heterocycles. The fourth-order valence-corrected chi connectivity index (χ4v) is 1.97. The number of rotatable bonds is 5. The van der Waals surface area contributed by atoms with Crippen molar-refractivity contribution in [2.24, 2.45) is 0 Å². The molecule has 20 heavy (non-hydrogen) atoms. The van der Waals surface area contributed by atoms with E-state index in [1.807, 2.05) is 61.5 Å². The summed E-state index contributed by atoms with van der Waals surface area (Å²) in [5.41, 5.74) is 2.94. The van der Waals surface area contributed by atoms with Gasteiger partial charge in [-0.15, -0.1) is 0 Å². The number of hydrogen-bond donors (Lipinski definition) is 1. The molecule has 0 heterocycles. The molecule has 0 amide bonds. The lowest BCUT2D eigenvalue weighted by molar-refractivity contribution is -0.154. The third-order valence-electron chi connectivity index (χ3n) is 3.01. The van der Waals surface area contributed by atoms with Crippen LogP contribution in [0.25, 0.3) is 0 Å². The molecular weight excluding hydrogens is 252 g/mol. The number of esters is 1. The first-order valence-electron chi connectivity index (χ1n) is 6.59. The zero-order chi connectivity index (χ0) is 14.4. The van der Waals surface area contributed by atoms with E-state index in [2.05, 4.69) is 0 Å². The number of benzene rings is 2. The average Bonchev–Trinajstić information content (AvgIpc) is 2.46. The lowest BCUT2D eigenvalue weighted by atomic mass is 10.1. The molecule has 0 bridgehead atoms. The fraction of sp³-hybridized carbons (Fsp3) is 0.235. The van der Waals surface area contributed by atoms with Crippen LogP contribution in [0.1, 0.15) is 16.7 Å². The van der Waals surface area contributed by atoms with Crippen molar-refractivity contribution in [1.29, 1.82) is 0 Å². The molecule has 2 rings (SSSR count). The van der Waals surface area contributed by atoms with Gasteiger partial charge in [0.15, 0.2) is 6.10 Å². The summed E-state index contributed by atoms with van der Waals surface area (Å²) in [7, 11) is 0. The van der Waals surface area contributed by atoms with E-state index in [9.17, 15) is 9.90 Å². The first kappa shape index (κ1) is 14.3. The summed E-state index contributed by atoms with van der Waals surface area (Å²) < 4.78 is 5.10. The van der Waals surface area contributed by atoms with Crippen molar-refractivity contribution in [1.82, 2.24) is 0 Å². The second-order valence-corrected chi connectivity index (χ2v) is 4.80. The summed E-state index contributed by atoms with van der Waals surface area (Å²) in [5.74, 6) is -0.588. The third-order valence-corrected chi connectivity index (χ3v) is 3.01. The molecule has 3 nitrogen and oxygen atoms in total. The second kappa shape index (κ2) is 6.87. The van der Waals surface area contributed by atoms with E-state index in [0.29, 0.717) is 0 Å². The first-order chi connectivity index (χ1) is 9.65. The minimum Gasteiger partial charge on any atom is -0.459 e. The van der Waals surface area contributed by atoms with Crippen LogP contribution in [0.3, 0.4) is 0 Å². The Morgan fingerprint density at radius 3 is 2.50 bits per heavy atom. The summed E-state index contributed by atoms with van der Waals surface area (Å²) >= 11 is 0. The van der Waals surface area contributed by atoms with Crippen molar-refractivity contribution < 1.29 is 14.6 Å². The molecule has 0 saturated carbocycles. The molecule has 1 N–H and O–H groups in total. The topological polar surface area (TPSA) is 46.5 Å². The molecule has 0 aromatic heterocycles. The Kier molecular flexibility index (Phi) is 4.91. The maximum atomic E-state index is 11.7. The van der Waals surface area contributed by atoms with Gasteiger partial charge in [-0.05, 0) is 18.1 Å². The van der Waals surface area contributed by atoms with Crippen LogP contribution in [0.15, 0.2) is 54.6 Å². The molecule has 0 unspecified atom stereocenters. The SMILES string of the molecule is Cc1cccc(C[C@@H](O)C(=O)OCc2ccccc2)c1. The van der Waals surface area contributed by atoms with Crippen LogP contribution in [0.2, 0.25) is 0 Å². The van der Waals surface area contributed by atoms with E-state index in [0.717, 1.165) is 16.7 Å². The van der Waals surface area contributed by atoms with Crippen LogP contribution in [0, 0.1) is 6.92 Å². The van der Waals surface area contributed by atoms with Crippen molar-refractivity contribution >= 4 is 5.97 Å². The number of aliphatic hydroxyl groups is 1. The fourth-order valence-electron chi connectivity index (χ4n) is 1.97. The lowest BCUT2D eigenvalue weighted by Crippen LogP contribution is -2.25. The van der Waals surface area contributed by atoms with Crippen molar-refractivity contribution in [3.63, 3.8) is 0 Å². The lowest BCUT2D eigenvalue weighted by Gasteiger charge is -2.11. The van der Waals surface area contributed by atoms with Gasteiger partial charge in [-0.25, -0.2) is 4.79 Å². The summed E-state index contributed by atoms with van der Waals surface area (Å²) in [5, 5.41) is 9.87. The summed E-state index contributed by atoms with van der Waals surface area (Å²) in [6.07, 6.45) is -0.851. The molecular formula is C17H18O3. The van der Waals surface area contributed by atoms with Gasteiger partial charge < -0.3 is 9.84 Å². The standard InChI is InChI=1S/C17H18O3/c1-13-6-5-9-15(10-13)11-16(18)17(19)20-12-14-7-3-2-4-8-14/h2-10,16,18H,11-12H2,1H3/t16-/m1/s1. The van der Waals surface area contributed by atoms with Crippen LogP contribution in [-0.4, -0.2) is 17.2 Å². The molecule has 2 aromatic rings. The zero-order valence-electron chi connectivity index (χ0n) is 11.5. The Bertz CT molecular complexity index is 563. The van der Waals surface area contributed by atoms with Crippen molar-refractivity contribution in [3.05, 3.63) is 71.3 Å². The molecule has 0 saturated heterocycles. The van der Waals surface area contributed by atoms with Gasteiger partial charge in [-0.1, -0.05) is 60.2 Å². The maximum absolute atomic E-state index is 11.7. The molecule has 0 spiro atoms. The quantitative estimate of drug-likeness (QED) is 0.850. The van der Waals surface area contributed by atoms with E-state index in [1.54, 1.807) is 0 Å². The van der Waals surface area contributed by atoms with E-state index in [-0.39, 0.29) is 13.0 Å². The summed E-state index contributed by atoms with van der Waals surface area (Å²) in [6.45, 7) is 2.16. The minimum absolute atomic E-state index is 0.185. The number of carbonyl (C=O) groups is 1. The minimum atomic E-state index is -1.12. The van der Waals surface area contributed by atoms with Gasteiger partial charge in [0, 0.05) is 6.42 Å². The van der Waals surface area contributed by atoms with Gasteiger partial charge in [-0.3, -0.25) is 0 Å². The highest BCUT2D eigenvalue weighted by atomic mass is 16.5. The zero-order valence-corrected chi connectivity index (χ0v) is 11.5. The Labute approximate surface area is 118 Å². The van der Waals surface area contributed by atoms with Crippen molar-refractivity contribution in [2.45, 2.75) is 26.1 Å². The summed E-state index contributed by atoms with van der Waals surface area (Å²) in [6, 6.07) is 17.1. The monoisotopic (exact) mass is 270 g/mol. The predicted molar refractivity (Wildman–Crippen MR) is 77.1 cm³/mol. The van der Waals surface area contributed by atoms with Crippen LogP contribution in [-0.2, 0) is 22.6 Å². The molecule has 0 aliphatic rings. The van der Waals surface area contributed by atoms with Crippen LogP contribution in [0.4, 0.5) is 0 Å². The molecule has 3 heteroatoms. The maximum Gasteiger partial charge on any atom is 0.335 e. The molecule has 0 radical (unpaired) electrons. The smallest absolute Gasteiger partial charge is 0.335 e. The molecule has 104 valence electrons. The largest absolute Gasteiger partial charge is 0.459 e. The van der Waals surface area contributed by atoms with Gasteiger partial charge >= 0.3 is 5.97 Å². The van der Waals surface area contributed by atoms with Crippen molar-refractivity contribution in [2.75, 3.05) is 0 Å². The number of hydrogen-bond acceptors (Lipinski definition) is 3. The molecule has 0 aliphatic carbocycles. The van der Waals surface area contributed by atoms with Gasteiger partial charge in [-0.2, -0.15) is 0 Å². The van der Waals surface area contributed by atoms with Crippen LogP contribution >= 0.6 is 0 Å². The summed E-state index contributed by atoms with van der Waals surface area (Å²) in [4.78, 5) is 11.7. The van der Waals surface area contributed by atoms with Gasteiger partial charge in [0.05, 0.1) is 0 Å². The van der Waals surface area contributed by atoms with Gasteiger partial charge in [0.2, 0.25) is 0 Å². The Balaban J connectivity index is 1.86. The Hall–Kier alpha value is -2.13. The average molecular weight is 270 g/mol. The highest BCUT2D eigenvalue weighted by Crippen LogP contribution is 2.09. The van der Waals surface area contributed by atoms with Crippen LogP contribution in [0.5, 0.6) is 0 Å². The van der Waals surface area contributed by atoms with E-state index in [4.69, 9.17) is 4.74 Å². The number of ether oxygens (including phenoxy) is 1. The van der Waals surface area contributed by atoms with Crippen molar-refractivity contribution in [3.8, 4) is 0 Å². The Morgan fingerprint density at radius 2 is 1.80 bits per heavy atom. The Morgan fingerprint density at radius 1 is 1.10 bits per heavy atom. The molecule has 0 fully saturated rings. The number of aryl methyl sites for hydroxylation is 1. The normalized spacial score (nSPS) is 11.9. The van der Waals surface area contributed by atoms with E-state index >= 15 is 0 Å². The third kappa shape index (κ3) is 4.21. The predicted octanol–water partition coefficient (Wildman–Crippen LogP) is 2.64. The highest BCUT2D eigenvalue weighted by Gasteiger charge is 2.17. The molecule has 1 atom stereocenters. The first-order valence-corrected chi connectivity index (χ1v) is 6.59. The van der Waals surface area contributed by atoms with Gasteiger partial charge in [0.25, 0.3) is 0 Å². The second-order valence-electron chi connectivity index (χ2n) is 4.80. The van der Waals surface area contributed by atoms with E-state index in [1.165, 1.54) is 0 Å². The highest BCUT2D eigenvalue weighted by molar-refractivity contribution is 5.74. The number of aliphatic hydroxyl groups excluding tert-OH is 1. The molecule has 2 aromatic carbocycles.